The molecule has 3 atom stereocenters. The van der Waals surface area contributed by atoms with Gasteiger partial charge in [-0.2, -0.15) is 19.8 Å². The Kier molecular flexibility index (Phi) is 6.00. The van der Waals surface area contributed by atoms with E-state index in [9.17, 15) is 13.2 Å². The number of fused-ring (bicyclic) bond motifs is 4. The van der Waals surface area contributed by atoms with Gasteiger partial charge in [-0.05, 0) is 43.9 Å². The first-order valence-corrected chi connectivity index (χ1v) is 16.4. The van der Waals surface area contributed by atoms with Crippen molar-refractivity contribution in [1.82, 2.24) is 54.4 Å². The first kappa shape index (κ1) is 27.3. The zero-order chi connectivity index (χ0) is 31.0. The molecule has 3 N–H and O–H groups in total. The number of H-pyrrole nitrogens is 1. The van der Waals surface area contributed by atoms with Crippen molar-refractivity contribution in [2.24, 2.45) is 7.05 Å². The van der Waals surface area contributed by atoms with E-state index in [-0.39, 0.29) is 40.4 Å². The number of benzene rings is 1. The molecule has 1 unspecified atom stereocenters. The Morgan fingerprint density at radius 3 is 2.49 bits per heavy atom. The van der Waals surface area contributed by atoms with Crippen LogP contribution in [-0.4, -0.2) is 87.1 Å². The van der Waals surface area contributed by atoms with Crippen LogP contribution in [0, 0.1) is 0 Å². The molecule has 0 spiro atoms. The van der Waals surface area contributed by atoms with E-state index in [0.29, 0.717) is 41.1 Å². The Morgan fingerprint density at radius 2 is 1.80 bits per heavy atom. The van der Waals surface area contributed by atoms with Gasteiger partial charge < -0.3 is 10.6 Å². The second-order valence-corrected chi connectivity index (χ2v) is 13.7. The number of sulfone groups is 1. The normalized spacial score (nSPS) is 20.0. The second kappa shape index (κ2) is 9.88. The summed E-state index contributed by atoms with van der Waals surface area (Å²) >= 11 is 0. The topological polar surface area (TPSA) is 196 Å². The monoisotopic (exact) mass is 624 g/mol. The molecule has 2 aliphatic heterocycles. The number of rotatable bonds is 5. The van der Waals surface area contributed by atoms with Crippen molar-refractivity contribution >= 4 is 38.1 Å². The molecule has 0 aliphatic carbocycles. The molecule has 0 saturated carbocycles. The summed E-state index contributed by atoms with van der Waals surface area (Å²) in [5.74, 6) is 0.309. The molecule has 16 heteroatoms. The molecule has 45 heavy (non-hydrogen) atoms. The van der Waals surface area contributed by atoms with E-state index >= 15 is 0 Å². The summed E-state index contributed by atoms with van der Waals surface area (Å²) in [6, 6.07) is 5.68. The first-order valence-electron chi connectivity index (χ1n) is 14.5. The minimum absolute atomic E-state index is 0.00132. The predicted molar refractivity (Wildman–Crippen MR) is 163 cm³/mol. The Balaban J connectivity index is 1.17. The van der Waals surface area contributed by atoms with Crippen LogP contribution in [0.2, 0.25) is 0 Å². The summed E-state index contributed by atoms with van der Waals surface area (Å²) in [5, 5.41) is 16.3. The van der Waals surface area contributed by atoms with E-state index in [1.807, 2.05) is 36.3 Å². The summed E-state index contributed by atoms with van der Waals surface area (Å²) < 4.78 is 29.4. The van der Waals surface area contributed by atoms with Crippen LogP contribution in [0.15, 0.2) is 54.2 Å². The number of nitrogens with one attached hydrogen (secondary N) is 1. The standard InChI is InChI=1S/C29H28N12O3S/c1-39-13-17-7-15(3-6-22(17)38-39)26-31-10-18(11-32-26)21-12-35-41-25(30)24(45(2,43)44)23(36-28(21)41)16-8-19-4-5-20(9-16)40(19)29(42)27-33-14-34-37-27/h3,6-7,10-14,16,19-20H,4-5,8-9,30H2,1-2H3,(H,33,34,37)/t16?,19-,20+. The third-order valence-electron chi connectivity index (χ3n) is 8.85. The number of hydrogen-bond donors (Lipinski definition) is 2. The fraction of sp³-hybridized carbons (Fsp3) is 0.310. The first-order chi connectivity index (χ1) is 21.7. The third-order valence-corrected chi connectivity index (χ3v) is 10.0. The van der Waals surface area contributed by atoms with Crippen LogP contribution < -0.4 is 5.73 Å². The number of carbonyl (C=O) groups is 1. The molecule has 15 nitrogen and oxygen atoms in total. The van der Waals surface area contributed by atoms with Crippen molar-refractivity contribution in [3.63, 3.8) is 0 Å². The van der Waals surface area contributed by atoms with Gasteiger partial charge in [0, 0.05) is 72.0 Å². The number of nitrogens with zero attached hydrogens (tertiary/aromatic N) is 10. The molecule has 6 aromatic rings. The van der Waals surface area contributed by atoms with Crippen LogP contribution in [0.5, 0.6) is 0 Å². The van der Waals surface area contributed by atoms with Gasteiger partial charge in [-0.1, -0.05) is 0 Å². The van der Waals surface area contributed by atoms with Crippen molar-refractivity contribution < 1.29 is 13.2 Å². The number of nitrogen functional groups attached to an aromatic ring is 1. The molecule has 2 fully saturated rings. The number of aromatic nitrogens is 10. The average molecular weight is 625 g/mol. The maximum atomic E-state index is 13.2. The molecule has 0 radical (unpaired) electrons. The average Bonchev–Trinajstić information content (AvgIpc) is 3.81. The van der Waals surface area contributed by atoms with Crippen LogP contribution in [0.25, 0.3) is 39.1 Å². The van der Waals surface area contributed by atoms with Gasteiger partial charge in [-0.3, -0.25) is 14.6 Å². The van der Waals surface area contributed by atoms with Crippen LogP contribution >= 0.6 is 0 Å². The second-order valence-electron chi connectivity index (χ2n) is 11.7. The molecule has 2 bridgehead atoms. The fourth-order valence-electron chi connectivity index (χ4n) is 6.95. The van der Waals surface area contributed by atoms with Crippen molar-refractivity contribution in [1.29, 1.82) is 0 Å². The Hall–Kier alpha value is -5.25. The summed E-state index contributed by atoms with van der Waals surface area (Å²) in [5.41, 5.74) is 10.4. The maximum absolute atomic E-state index is 13.2. The molecule has 7 heterocycles. The summed E-state index contributed by atoms with van der Waals surface area (Å²) in [7, 11) is -1.90. The van der Waals surface area contributed by atoms with Gasteiger partial charge in [0.2, 0.25) is 5.82 Å². The number of carbonyl (C=O) groups excluding carboxylic acids is 1. The quantitative estimate of drug-likeness (QED) is 0.286. The van der Waals surface area contributed by atoms with E-state index < -0.39 is 9.84 Å². The van der Waals surface area contributed by atoms with Gasteiger partial charge in [0.15, 0.2) is 21.3 Å². The zero-order valence-corrected chi connectivity index (χ0v) is 25.2. The highest BCUT2D eigenvalue weighted by Gasteiger charge is 2.46. The van der Waals surface area contributed by atoms with E-state index in [1.165, 1.54) is 10.8 Å². The minimum atomic E-state index is -3.77. The zero-order valence-electron chi connectivity index (χ0n) is 24.4. The number of anilines is 1. The van der Waals surface area contributed by atoms with Gasteiger partial charge in [-0.25, -0.2) is 28.4 Å². The molecular formula is C29H28N12O3S. The highest BCUT2D eigenvalue weighted by molar-refractivity contribution is 7.91. The lowest BCUT2D eigenvalue weighted by atomic mass is 9.87. The molecule has 1 amide bonds. The van der Waals surface area contributed by atoms with Gasteiger partial charge in [0.25, 0.3) is 5.91 Å². The van der Waals surface area contributed by atoms with Crippen LogP contribution in [0.4, 0.5) is 5.82 Å². The van der Waals surface area contributed by atoms with Crippen LogP contribution in [0.1, 0.15) is 47.9 Å². The molecule has 228 valence electrons. The maximum Gasteiger partial charge on any atom is 0.291 e. The smallest absolute Gasteiger partial charge is 0.291 e. The molecule has 2 saturated heterocycles. The van der Waals surface area contributed by atoms with Crippen molar-refractivity contribution in [3.05, 3.63) is 60.8 Å². The number of aromatic amines is 1. The van der Waals surface area contributed by atoms with Crippen molar-refractivity contribution in [2.45, 2.75) is 48.6 Å². The minimum Gasteiger partial charge on any atom is -0.382 e. The number of nitrogens with two attached hydrogens (primary N) is 1. The van der Waals surface area contributed by atoms with E-state index in [4.69, 9.17) is 10.7 Å². The summed E-state index contributed by atoms with van der Waals surface area (Å²) in [6.07, 6.45) is 12.1. The van der Waals surface area contributed by atoms with E-state index in [2.05, 4.69) is 35.3 Å². The highest BCUT2D eigenvalue weighted by Crippen LogP contribution is 2.45. The summed E-state index contributed by atoms with van der Waals surface area (Å²) in [6.45, 7) is 0. The van der Waals surface area contributed by atoms with Crippen LogP contribution in [-0.2, 0) is 16.9 Å². The molecule has 1 aromatic carbocycles. The molecular weight excluding hydrogens is 596 g/mol. The number of piperidine rings is 1. The van der Waals surface area contributed by atoms with Gasteiger partial charge >= 0.3 is 0 Å². The van der Waals surface area contributed by atoms with Gasteiger partial charge in [0.05, 0.1) is 17.4 Å². The largest absolute Gasteiger partial charge is 0.382 e. The SMILES string of the molecule is Cn1cc2cc(-c3ncc(-c4cnn5c(N)c(S(C)(=O)=O)c(C6C[C@H]7CC[C@@H](C6)N7C(=O)c6ncn[nH]6)nc45)cn3)ccc2n1. The Morgan fingerprint density at radius 1 is 1.04 bits per heavy atom. The number of hydrogen-bond acceptors (Lipinski definition) is 11. The van der Waals surface area contributed by atoms with Crippen molar-refractivity contribution in [2.75, 3.05) is 12.0 Å². The Labute approximate surface area is 256 Å². The number of aryl methyl sites for hydroxylation is 1. The molecule has 8 rings (SSSR count). The lowest BCUT2D eigenvalue weighted by Crippen LogP contribution is -2.46. The van der Waals surface area contributed by atoms with E-state index in [1.54, 1.807) is 23.3 Å². The lowest BCUT2D eigenvalue weighted by Gasteiger charge is -2.38. The third kappa shape index (κ3) is 4.43. The van der Waals surface area contributed by atoms with E-state index in [0.717, 1.165) is 35.6 Å². The lowest BCUT2D eigenvalue weighted by molar-refractivity contribution is 0.0556. The Bertz CT molecular complexity index is 2210. The molecule has 2 aliphatic rings. The van der Waals surface area contributed by atoms with Gasteiger partial charge in [-0.15, -0.1) is 0 Å². The van der Waals surface area contributed by atoms with Crippen molar-refractivity contribution in [3.8, 4) is 22.5 Å². The predicted octanol–water partition coefficient (Wildman–Crippen LogP) is 2.39. The number of amides is 1. The summed E-state index contributed by atoms with van der Waals surface area (Å²) in [4.78, 5) is 33.2. The highest BCUT2D eigenvalue weighted by atomic mass is 32.2. The molecule has 5 aromatic heterocycles. The fourth-order valence-corrected chi connectivity index (χ4v) is 8.00. The van der Waals surface area contributed by atoms with Crippen LogP contribution in [0.3, 0.4) is 0 Å². The van der Waals surface area contributed by atoms with Gasteiger partial charge in [0.1, 0.15) is 17.0 Å².